The number of benzene rings is 1. The molecule has 6 heteroatoms. The summed E-state index contributed by atoms with van der Waals surface area (Å²) in [6.07, 6.45) is 0.818. The van der Waals surface area contributed by atoms with Crippen LogP contribution < -0.4 is 10.6 Å². The number of carbonyl (C=O) groups excluding carboxylic acids is 1. The summed E-state index contributed by atoms with van der Waals surface area (Å²) in [6, 6.07) is 7.70. The molecular weight excluding hydrogens is 272 g/mol. The van der Waals surface area contributed by atoms with Gasteiger partial charge >= 0.3 is 0 Å². The zero-order valence-corrected chi connectivity index (χ0v) is 12.6. The molecule has 0 bridgehead atoms. The van der Waals surface area contributed by atoms with Crippen LogP contribution in [0.2, 0.25) is 0 Å². The molecule has 2 aromatic rings. The third-order valence-electron chi connectivity index (χ3n) is 2.61. The lowest BCUT2D eigenvalue weighted by Crippen LogP contribution is -2.17. The average Bonchev–Trinajstić information content (AvgIpc) is 2.86. The molecule has 0 unspecified atom stereocenters. The van der Waals surface area contributed by atoms with E-state index in [1.165, 1.54) is 11.3 Å². The normalized spacial score (nSPS) is 10.6. The summed E-state index contributed by atoms with van der Waals surface area (Å²) in [5.74, 6) is -0.174. The van der Waals surface area contributed by atoms with E-state index in [1.54, 1.807) is 6.07 Å². The maximum atomic E-state index is 12.3. The van der Waals surface area contributed by atoms with Crippen molar-refractivity contribution in [3.63, 3.8) is 0 Å². The highest BCUT2D eigenvalue weighted by Gasteiger charge is 2.13. The fraction of sp³-hybridized carbons (Fsp3) is 0.357. The van der Waals surface area contributed by atoms with E-state index < -0.39 is 0 Å². The van der Waals surface area contributed by atoms with Crippen LogP contribution in [0.4, 0.5) is 10.8 Å². The molecule has 2 N–H and O–H groups in total. The van der Waals surface area contributed by atoms with Crippen molar-refractivity contribution < 1.29 is 4.79 Å². The summed E-state index contributed by atoms with van der Waals surface area (Å²) in [7, 11) is 0. The highest BCUT2D eigenvalue weighted by atomic mass is 32.1. The molecule has 1 heterocycles. The van der Waals surface area contributed by atoms with Crippen LogP contribution in [0.3, 0.4) is 0 Å². The minimum absolute atomic E-state index is 0.174. The van der Waals surface area contributed by atoms with Crippen molar-refractivity contribution in [2.45, 2.75) is 33.2 Å². The monoisotopic (exact) mass is 290 g/mol. The predicted molar refractivity (Wildman–Crippen MR) is 82.4 cm³/mol. The van der Waals surface area contributed by atoms with Gasteiger partial charge in [0.25, 0.3) is 5.91 Å². The largest absolute Gasteiger partial charge is 0.382 e. The summed E-state index contributed by atoms with van der Waals surface area (Å²) in [4.78, 5) is 12.3. The summed E-state index contributed by atoms with van der Waals surface area (Å²) >= 11 is 1.40. The van der Waals surface area contributed by atoms with E-state index in [9.17, 15) is 4.79 Å². The maximum absolute atomic E-state index is 12.3. The van der Waals surface area contributed by atoms with Gasteiger partial charge in [0, 0.05) is 11.7 Å². The van der Waals surface area contributed by atoms with Gasteiger partial charge in [-0.2, -0.15) is 0 Å². The Bertz CT molecular complexity index is 594. The third kappa shape index (κ3) is 3.54. The Balaban J connectivity index is 2.16. The molecule has 5 nitrogen and oxygen atoms in total. The Kier molecular flexibility index (Phi) is 4.68. The van der Waals surface area contributed by atoms with Gasteiger partial charge in [0.2, 0.25) is 5.13 Å². The van der Waals surface area contributed by atoms with Gasteiger partial charge in [-0.05, 0) is 32.4 Å². The average molecular weight is 290 g/mol. The second-order valence-electron chi connectivity index (χ2n) is 4.65. The van der Waals surface area contributed by atoms with Gasteiger partial charge in [-0.25, -0.2) is 0 Å². The molecule has 1 aromatic carbocycles. The second kappa shape index (κ2) is 6.47. The quantitative estimate of drug-likeness (QED) is 0.887. The van der Waals surface area contributed by atoms with Crippen LogP contribution in [-0.2, 0) is 6.42 Å². The zero-order chi connectivity index (χ0) is 14.5. The van der Waals surface area contributed by atoms with Crippen molar-refractivity contribution in [1.82, 2.24) is 10.2 Å². The molecule has 0 radical (unpaired) electrons. The number of para-hydroxylation sites is 1. The van der Waals surface area contributed by atoms with E-state index in [4.69, 9.17) is 0 Å². The number of anilines is 2. The minimum atomic E-state index is -0.174. The molecule has 106 valence electrons. The molecule has 0 aliphatic heterocycles. The molecule has 20 heavy (non-hydrogen) atoms. The Morgan fingerprint density at radius 2 is 2.05 bits per heavy atom. The standard InChI is InChI=1S/C14H18N4OS/c1-4-12-17-18-14(20-12)16-13(19)10-7-5-6-8-11(10)15-9(2)3/h5-9,15H,4H2,1-3H3,(H,16,18,19). The topological polar surface area (TPSA) is 66.9 Å². The summed E-state index contributed by atoms with van der Waals surface area (Å²) < 4.78 is 0. The fourth-order valence-electron chi connectivity index (χ4n) is 1.73. The lowest BCUT2D eigenvalue weighted by Gasteiger charge is -2.13. The zero-order valence-electron chi connectivity index (χ0n) is 11.8. The molecule has 0 fully saturated rings. The van der Waals surface area contributed by atoms with Crippen molar-refractivity contribution in [1.29, 1.82) is 0 Å². The van der Waals surface area contributed by atoms with Crippen molar-refractivity contribution in [2.24, 2.45) is 0 Å². The Morgan fingerprint density at radius 1 is 1.30 bits per heavy atom. The van der Waals surface area contributed by atoms with Gasteiger partial charge in [-0.15, -0.1) is 10.2 Å². The van der Waals surface area contributed by atoms with Crippen molar-refractivity contribution in [2.75, 3.05) is 10.6 Å². The van der Waals surface area contributed by atoms with Crippen molar-refractivity contribution >= 4 is 28.1 Å². The highest BCUT2D eigenvalue weighted by Crippen LogP contribution is 2.20. The van der Waals surface area contributed by atoms with Crippen LogP contribution in [0, 0.1) is 0 Å². The van der Waals surface area contributed by atoms with Gasteiger partial charge in [-0.1, -0.05) is 30.4 Å². The molecule has 0 spiro atoms. The first-order chi connectivity index (χ1) is 9.60. The summed E-state index contributed by atoms with van der Waals surface area (Å²) in [5.41, 5.74) is 1.43. The maximum Gasteiger partial charge on any atom is 0.259 e. The van der Waals surface area contributed by atoms with E-state index in [2.05, 4.69) is 20.8 Å². The molecule has 1 amide bonds. The van der Waals surface area contributed by atoms with Crippen LogP contribution in [0.1, 0.15) is 36.1 Å². The highest BCUT2D eigenvalue weighted by molar-refractivity contribution is 7.15. The molecule has 0 saturated carbocycles. The van der Waals surface area contributed by atoms with Gasteiger partial charge in [0.05, 0.1) is 5.56 Å². The van der Waals surface area contributed by atoms with Crippen LogP contribution >= 0.6 is 11.3 Å². The van der Waals surface area contributed by atoms with Gasteiger partial charge < -0.3 is 5.32 Å². The summed E-state index contributed by atoms with van der Waals surface area (Å²) in [5, 5.41) is 15.4. The van der Waals surface area contributed by atoms with E-state index in [-0.39, 0.29) is 11.9 Å². The number of carbonyl (C=O) groups is 1. The van der Waals surface area contributed by atoms with Crippen LogP contribution in [0.25, 0.3) is 0 Å². The molecule has 0 aliphatic rings. The van der Waals surface area contributed by atoms with E-state index in [0.29, 0.717) is 10.7 Å². The van der Waals surface area contributed by atoms with Crippen LogP contribution in [0.5, 0.6) is 0 Å². The SMILES string of the molecule is CCc1nnc(NC(=O)c2ccccc2NC(C)C)s1. The molecule has 1 aromatic heterocycles. The number of nitrogens with one attached hydrogen (secondary N) is 2. The number of amides is 1. The first-order valence-corrected chi connectivity index (χ1v) is 7.41. The first kappa shape index (κ1) is 14.5. The van der Waals surface area contributed by atoms with E-state index in [0.717, 1.165) is 17.1 Å². The molecule has 0 aliphatic carbocycles. The fourth-order valence-corrected chi connectivity index (χ4v) is 2.40. The molecule has 2 rings (SSSR count). The van der Waals surface area contributed by atoms with Crippen LogP contribution in [-0.4, -0.2) is 22.1 Å². The number of rotatable bonds is 5. The van der Waals surface area contributed by atoms with E-state index in [1.807, 2.05) is 39.0 Å². The summed E-state index contributed by atoms with van der Waals surface area (Å²) in [6.45, 7) is 6.08. The first-order valence-electron chi connectivity index (χ1n) is 6.59. The molecule has 0 saturated heterocycles. The lowest BCUT2D eigenvalue weighted by atomic mass is 10.1. The Morgan fingerprint density at radius 3 is 2.70 bits per heavy atom. The van der Waals surface area contributed by atoms with E-state index >= 15 is 0 Å². The number of hydrogen-bond acceptors (Lipinski definition) is 5. The Labute approximate surface area is 122 Å². The number of nitrogens with zero attached hydrogens (tertiary/aromatic N) is 2. The lowest BCUT2D eigenvalue weighted by molar-refractivity contribution is 0.102. The van der Waals surface area contributed by atoms with Crippen molar-refractivity contribution in [3.05, 3.63) is 34.8 Å². The smallest absolute Gasteiger partial charge is 0.259 e. The van der Waals surface area contributed by atoms with Crippen molar-refractivity contribution in [3.8, 4) is 0 Å². The predicted octanol–water partition coefficient (Wildman–Crippen LogP) is 3.17. The number of aryl methyl sites for hydroxylation is 1. The third-order valence-corrected chi connectivity index (χ3v) is 3.59. The van der Waals surface area contributed by atoms with Gasteiger partial charge in [-0.3, -0.25) is 10.1 Å². The Hall–Kier alpha value is -1.95. The van der Waals surface area contributed by atoms with Gasteiger partial charge in [0.15, 0.2) is 0 Å². The minimum Gasteiger partial charge on any atom is -0.382 e. The van der Waals surface area contributed by atoms with Gasteiger partial charge in [0.1, 0.15) is 5.01 Å². The second-order valence-corrected chi connectivity index (χ2v) is 5.72. The molecule has 0 atom stereocenters. The van der Waals surface area contributed by atoms with Crippen LogP contribution in [0.15, 0.2) is 24.3 Å². The molecular formula is C14H18N4OS. The number of aromatic nitrogens is 2. The number of hydrogen-bond donors (Lipinski definition) is 2.